The van der Waals surface area contributed by atoms with Crippen LogP contribution in [0.3, 0.4) is 0 Å². The lowest BCUT2D eigenvalue weighted by Gasteiger charge is -2.04. The number of hydrogen-bond donors (Lipinski definition) is 4. The van der Waals surface area contributed by atoms with Crippen LogP contribution in [0.15, 0.2) is 30.3 Å². The van der Waals surface area contributed by atoms with E-state index in [0.29, 0.717) is 17.1 Å². The van der Waals surface area contributed by atoms with Crippen molar-refractivity contribution in [2.24, 2.45) is 5.73 Å². The molecule has 0 aliphatic heterocycles. The van der Waals surface area contributed by atoms with Crippen molar-refractivity contribution in [2.45, 2.75) is 13.3 Å². The van der Waals surface area contributed by atoms with Crippen molar-refractivity contribution in [3.8, 4) is 0 Å². The second-order valence-electron chi connectivity index (χ2n) is 4.15. The number of aryl methyl sites for hydroxylation is 1. The molecule has 0 saturated carbocycles. The van der Waals surface area contributed by atoms with Crippen molar-refractivity contribution < 1.29 is 9.59 Å². The molecule has 5 N–H and O–H groups in total. The quantitative estimate of drug-likeness (QED) is 0.680. The number of H-pyrrole nitrogens is 1. The molecule has 0 aliphatic carbocycles. The van der Waals surface area contributed by atoms with Gasteiger partial charge in [0.1, 0.15) is 0 Å². The summed E-state index contributed by atoms with van der Waals surface area (Å²) in [5, 5.41) is 11.9. The molecule has 0 spiro atoms. The van der Waals surface area contributed by atoms with Crippen LogP contribution in [0.5, 0.6) is 0 Å². The van der Waals surface area contributed by atoms with Crippen molar-refractivity contribution >= 4 is 23.4 Å². The lowest BCUT2D eigenvalue weighted by molar-refractivity contribution is 0.102. The number of carbonyl (C=O) groups excluding carboxylic acids is 2. The Kier molecular flexibility index (Phi) is 3.99. The lowest BCUT2D eigenvalue weighted by atomic mass is 10.2. The van der Waals surface area contributed by atoms with Crippen molar-refractivity contribution in [3.05, 3.63) is 41.6 Å². The molecule has 0 bridgehead atoms. The zero-order chi connectivity index (χ0) is 14.5. The number of urea groups is 1. The van der Waals surface area contributed by atoms with Crippen LogP contribution >= 0.6 is 0 Å². The van der Waals surface area contributed by atoms with Gasteiger partial charge >= 0.3 is 6.03 Å². The summed E-state index contributed by atoms with van der Waals surface area (Å²) < 4.78 is 0. The van der Waals surface area contributed by atoms with Crippen molar-refractivity contribution in [1.82, 2.24) is 10.2 Å². The normalized spacial score (nSPS) is 10.1. The van der Waals surface area contributed by atoms with Gasteiger partial charge in [0.15, 0.2) is 5.82 Å². The number of carbonyl (C=O) groups is 2. The molecule has 1 aromatic carbocycles. The fourth-order valence-electron chi connectivity index (χ4n) is 1.64. The van der Waals surface area contributed by atoms with Gasteiger partial charge in [-0.15, -0.1) is 0 Å². The number of benzene rings is 1. The maximum absolute atomic E-state index is 12.0. The zero-order valence-electron chi connectivity index (χ0n) is 10.9. The van der Waals surface area contributed by atoms with E-state index in [0.717, 1.165) is 12.1 Å². The van der Waals surface area contributed by atoms with Gasteiger partial charge in [-0.25, -0.2) is 4.79 Å². The molecule has 2 rings (SSSR count). The van der Waals surface area contributed by atoms with Crippen molar-refractivity contribution in [2.75, 3.05) is 10.6 Å². The van der Waals surface area contributed by atoms with E-state index in [4.69, 9.17) is 5.73 Å². The highest BCUT2D eigenvalue weighted by Crippen LogP contribution is 2.12. The molecule has 20 heavy (non-hydrogen) atoms. The average molecular weight is 273 g/mol. The predicted octanol–water partition coefficient (Wildman–Crippen LogP) is 1.71. The van der Waals surface area contributed by atoms with E-state index in [-0.39, 0.29) is 5.91 Å². The molecule has 0 radical (unpaired) electrons. The number of nitrogens with zero attached hydrogens (tertiary/aromatic N) is 1. The molecule has 0 atom stereocenters. The van der Waals surface area contributed by atoms with Crippen LogP contribution in [0.2, 0.25) is 0 Å². The SMILES string of the molecule is CCc1cc(NC(=O)c2ccc(NC(N)=O)cc2)n[nH]1. The molecule has 7 heteroatoms. The molecular weight excluding hydrogens is 258 g/mol. The molecule has 3 amide bonds. The maximum atomic E-state index is 12.0. The molecule has 1 aromatic heterocycles. The molecule has 7 nitrogen and oxygen atoms in total. The summed E-state index contributed by atoms with van der Waals surface area (Å²) in [5.41, 5.74) is 6.93. The minimum atomic E-state index is -0.647. The number of hydrogen-bond acceptors (Lipinski definition) is 3. The zero-order valence-corrected chi connectivity index (χ0v) is 10.9. The van der Waals surface area contributed by atoms with Crippen molar-refractivity contribution in [3.63, 3.8) is 0 Å². The first-order chi connectivity index (χ1) is 9.58. The number of aromatic amines is 1. The number of nitrogens with two attached hydrogens (primary N) is 1. The summed E-state index contributed by atoms with van der Waals surface area (Å²) in [6.45, 7) is 1.99. The van der Waals surface area contributed by atoms with Crippen LogP contribution < -0.4 is 16.4 Å². The first kappa shape index (κ1) is 13.6. The van der Waals surface area contributed by atoms with Gasteiger partial charge in [0.05, 0.1) is 0 Å². The number of primary amides is 1. The van der Waals surface area contributed by atoms with Crippen LogP contribution in [0, 0.1) is 0 Å². The second-order valence-corrected chi connectivity index (χ2v) is 4.15. The molecule has 0 unspecified atom stereocenters. The van der Waals surface area contributed by atoms with Crippen LogP contribution in [-0.2, 0) is 6.42 Å². The minimum absolute atomic E-state index is 0.273. The first-order valence-corrected chi connectivity index (χ1v) is 6.10. The Hall–Kier alpha value is -2.83. The van der Waals surface area contributed by atoms with Crippen molar-refractivity contribution in [1.29, 1.82) is 0 Å². The van der Waals surface area contributed by atoms with E-state index >= 15 is 0 Å². The summed E-state index contributed by atoms with van der Waals surface area (Å²) >= 11 is 0. The fraction of sp³-hybridized carbons (Fsp3) is 0.154. The Labute approximate surface area is 115 Å². The molecule has 0 aliphatic rings. The Morgan fingerprint density at radius 3 is 2.50 bits per heavy atom. The Morgan fingerprint density at radius 2 is 1.95 bits per heavy atom. The third-order valence-electron chi connectivity index (χ3n) is 2.67. The Bertz CT molecular complexity index is 618. The summed E-state index contributed by atoms with van der Waals surface area (Å²) in [6, 6.07) is 7.51. The van der Waals surface area contributed by atoms with Gasteiger partial charge < -0.3 is 16.4 Å². The van der Waals surface area contributed by atoms with Gasteiger partial charge in [-0.05, 0) is 30.7 Å². The van der Waals surface area contributed by atoms with Gasteiger partial charge in [-0.2, -0.15) is 5.10 Å². The van der Waals surface area contributed by atoms with Gasteiger partial charge in [0.25, 0.3) is 5.91 Å². The third kappa shape index (κ3) is 3.35. The smallest absolute Gasteiger partial charge is 0.316 e. The highest BCUT2D eigenvalue weighted by molar-refractivity contribution is 6.04. The lowest BCUT2D eigenvalue weighted by Crippen LogP contribution is -2.19. The second kappa shape index (κ2) is 5.87. The molecule has 2 aromatic rings. The average Bonchev–Trinajstić information content (AvgIpc) is 2.86. The topological polar surface area (TPSA) is 113 Å². The first-order valence-electron chi connectivity index (χ1n) is 6.10. The highest BCUT2D eigenvalue weighted by atomic mass is 16.2. The van der Waals surface area contributed by atoms with Gasteiger partial charge in [-0.3, -0.25) is 9.89 Å². The standard InChI is InChI=1S/C13H15N5O2/c1-2-9-7-11(18-17-9)16-12(19)8-3-5-10(6-4-8)15-13(14)20/h3-7H,2H2,1H3,(H3,14,15,20)(H2,16,17,18,19). The predicted molar refractivity (Wildman–Crippen MR) is 75.6 cm³/mol. The monoisotopic (exact) mass is 273 g/mol. The van der Waals surface area contributed by atoms with Crippen LogP contribution in [0.25, 0.3) is 0 Å². The van der Waals surface area contributed by atoms with E-state index in [9.17, 15) is 9.59 Å². The summed E-state index contributed by atoms with van der Waals surface area (Å²) in [5.74, 6) is 0.205. The van der Waals surface area contributed by atoms with Crippen LogP contribution in [-0.4, -0.2) is 22.1 Å². The van der Waals surface area contributed by atoms with E-state index in [2.05, 4.69) is 20.8 Å². The van der Waals surface area contributed by atoms with Crippen LogP contribution in [0.1, 0.15) is 23.0 Å². The molecule has 1 heterocycles. The van der Waals surface area contributed by atoms with Crippen LogP contribution in [0.4, 0.5) is 16.3 Å². The number of nitrogens with one attached hydrogen (secondary N) is 3. The van der Waals surface area contributed by atoms with Gasteiger partial charge in [-0.1, -0.05) is 6.92 Å². The number of amides is 3. The highest BCUT2D eigenvalue weighted by Gasteiger charge is 2.08. The Morgan fingerprint density at radius 1 is 1.25 bits per heavy atom. The number of rotatable bonds is 4. The third-order valence-corrected chi connectivity index (χ3v) is 2.67. The molecule has 0 fully saturated rings. The molecule has 104 valence electrons. The van der Waals surface area contributed by atoms with E-state index in [1.165, 1.54) is 0 Å². The van der Waals surface area contributed by atoms with E-state index in [1.807, 2.05) is 6.92 Å². The molecular formula is C13H15N5O2. The largest absolute Gasteiger partial charge is 0.351 e. The summed E-state index contributed by atoms with van der Waals surface area (Å²) in [4.78, 5) is 22.6. The molecule has 0 saturated heterocycles. The fourth-order valence-corrected chi connectivity index (χ4v) is 1.64. The summed E-state index contributed by atoms with van der Waals surface area (Å²) in [6.07, 6.45) is 0.816. The maximum Gasteiger partial charge on any atom is 0.316 e. The van der Waals surface area contributed by atoms with E-state index in [1.54, 1.807) is 30.3 Å². The minimum Gasteiger partial charge on any atom is -0.351 e. The number of anilines is 2. The Balaban J connectivity index is 2.03. The van der Waals surface area contributed by atoms with Gasteiger partial charge in [0, 0.05) is 23.0 Å². The number of aromatic nitrogens is 2. The summed E-state index contributed by atoms with van der Waals surface area (Å²) in [7, 11) is 0. The van der Waals surface area contributed by atoms with Gasteiger partial charge in [0.2, 0.25) is 0 Å². The van der Waals surface area contributed by atoms with E-state index < -0.39 is 6.03 Å².